The first-order chi connectivity index (χ1) is 7.70. The van der Waals surface area contributed by atoms with Gasteiger partial charge in [-0.1, -0.05) is 0 Å². The van der Waals surface area contributed by atoms with Crippen molar-refractivity contribution in [3.05, 3.63) is 29.3 Å². The van der Waals surface area contributed by atoms with E-state index in [2.05, 4.69) is 6.07 Å². The third kappa shape index (κ3) is 2.53. The molecular weight excluding hydrogens is 202 g/mol. The first-order valence-electron chi connectivity index (χ1n) is 5.52. The van der Waals surface area contributed by atoms with Gasteiger partial charge in [-0.25, -0.2) is 0 Å². The highest BCUT2D eigenvalue weighted by Crippen LogP contribution is 2.32. The molecule has 1 saturated carbocycles. The Morgan fingerprint density at radius 1 is 1.56 bits per heavy atom. The molecule has 1 aromatic carbocycles. The van der Waals surface area contributed by atoms with Gasteiger partial charge in [-0.15, -0.1) is 0 Å². The standard InChI is InChI=1S/C13H15NO2/c1-9-6-12(5-4-11(9)7-14)16-8-13(15)10-2-3-10/h4-6,10,13,15H,2-3,8H2,1H3. The summed E-state index contributed by atoms with van der Waals surface area (Å²) in [6, 6.07) is 7.46. The second-order valence-corrected chi connectivity index (χ2v) is 4.30. The highest BCUT2D eigenvalue weighted by molar-refractivity contribution is 5.41. The van der Waals surface area contributed by atoms with Gasteiger partial charge in [0.15, 0.2) is 0 Å². The maximum absolute atomic E-state index is 9.64. The maximum Gasteiger partial charge on any atom is 0.119 e. The van der Waals surface area contributed by atoms with Crippen LogP contribution >= 0.6 is 0 Å². The molecule has 0 spiro atoms. The van der Waals surface area contributed by atoms with Crippen molar-refractivity contribution >= 4 is 0 Å². The number of hydrogen-bond acceptors (Lipinski definition) is 3. The van der Waals surface area contributed by atoms with Crippen LogP contribution in [-0.2, 0) is 0 Å². The number of aliphatic hydroxyl groups is 1. The lowest BCUT2D eigenvalue weighted by atomic mass is 10.1. The number of benzene rings is 1. The van der Waals surface area contributed by atoms with E-state index in [0.717, 1.165) is 24.2 Å². The van der Waals surface area contributed by atoms with Crippen molar-refractivity contribution in [3.8, 4) is 11.8 Å². The van der Waals surface area contributed by atoms with Gasteiger partial charge in [-0.05, 0) is 49.4 Å². The van der Waals surface area contributed by atoms with Crippen molar-refractivity contribution in [3.63, 3.8) is 0 Å². The fraction of sp³-hybridized carbons (Fsp3) is 0.462. The molecule has 84 valence electrons. The molecule has 0 aliphatic heterocycles. The molecule has 1 aromatic rings. The second-order valence-electron chi connectivity index (χ2n) is 4.30. The van der Waals surface area contributed by atoms with Crippen LogP contribution in [-0.4, -0.2) is 17.8 Å². The van der Waals surface area contributed by atoms with Crippen LogP contribution in [0.25, 0.3) is 0 Å². The van der Waals surface area contributed by atoms with Crippen molar-refractivity contribution in [1.29, 1.82) is 5.26 Å². The molecule has 1 aliphatic rings. The minimum atomic E-state index is -0.351. The van der Waals surface area contributed by atoms with Crippen molar-refractivity contribution in [1.82, 2.24) is 0 Å². The number of nitrogens with zero attached hydrogens (tertiary/aromatic N) is 1. The van der Waals surface area contributed by atoms with Crippen LogP contribution in [0.5, 0.6) is 5.75 Å². The van der Waals surface area contributed by atoms with E-state index in [1.807, 2.05) is 13.0 Å². The summed E-state index contributed by atoms with van der Waals surface area (Å²) in [5.74, 6) is 1.15. The van der Waals surface area contributed by atoms with Crippen LogP contribution in [0.3, 0.4) is 0 Å². The Labute approximate surface area is 95.3 Å². The fourth-order valence-electron chi connectivity index (χ4n) is 1.65. The molecule has 1 unspecified atom stereocenters. The normalized spacial score (nSPS) is 16.6. The highest BCUT2D eigenvalue weighted by Gasteiger charge is 2.29. The molecule has 0 bridgehead atoms. The predicted molar refractivity (Wildman–Crippen MR) is 60.1 cm³/mol. The van der Waals surface area contributed by atoms with E-state index in [0.29, 0.717) is 18.1 Å². The van der Waals surface area contributed by atoms with E-state index >= 15 is 0 Å². The lowest BCUT2D eigenvalue weighted by molar-refractivity contribution is 0.0894. The Balaban J connectivity index is 1.94. The van der Waals surface area contributed by atoms with Crippen LogP contribution < -0.4 is 4.74 Å². The maximum atomic E-state index is 9.64. The monoisotopic (exact) mass is 217 g/mol. The molecule has 0 aromatic heterocycles. The molecule has 0 heterocycles. The molecule has 2 rings (SSSR count). The number of nitriles is 1. The van der Waals surface area contributed by atoms with Gasteiger partial charge in [0.25, 0.3) is 0 Å². The molecule has 3 nitrogen and oxygen atoms in total. The van der Waals surface area contributed by atoms with Gasteiger partial charge in [0.1, 0.15) is 12.4 Å². The summed E-state index contributed by atoms with van der Waals surface area (Å²) in [4.78, 5) is 0. The number of aryl methyl sites for hydroxylation is 1. The SMILES string of the molecule is Cc1cc(OCC(O)C2CC2)ccc1C#N. The van der Waals surface area contributed by atoms with Crippen molar-refractivity contribution in [2.24, 2.45) is 5.92 Å². The first kappa shape index (κ1) is 11.0. The van der Waals surface area contributed by atoms with E-state index in [1.165, 1.54) is 0 Å². The Hall–Kier alpha value is -1.53. The lowest BCUT2D eigenvalue weighted by Crippen LogP contribution is -2.19. The number of rotatable bonds is 4. The molecule has 0 saturated heterocycles. The van der Waals surface area contributed by atoms with Crippen LogP contribution in [0.2, 0.25) is 0 Å². The molecule has 3 heteroatoms. The zero-order valence-corrected chi connectivity index (χ0v) is 9.31. The predicted octanol–water partition coefficient (Wildman–Crippen LogP) is 2.02. The van der Waals surface area contributed by atoms with Crippen LogP contribution in [0.15, 0.2) is 18.2 Å². The zero-order chi connectivity index (χ0) is 11.5. The van der Waals surface area contributed by atoms with E-state index in [4.69, 9.17) is 10.00 Å². The van der Waals surface area contributed by atoms with E-state index in [9.17, 15) is 5.11 Å². The molecule has 0 radical (unpaired) electrons. The minimum absolute atomic E-state index is 0.343. The Morgan fingerprint density at radius 3 is 2.88 bits per heavy atom. The van der Waals surface area contributed by atoms with Gasteiger partial charge in [-0.3, -0.25) is 0 Å². The number of ether oxygens (including phenoxy) is 1. The number of hydrogen-bond donors (Lipinski definition) is 1. The van der Waals surface area contributed by atoms with E-state index < -0.39 is 0 Å². The molecule has 16 heavy (non-hydrogen) atoms. The second kappa shape index (κ2) is 4.54. The summed E-state index contributed by atoms with van der Waals surface area (Å²) in [6.45, 7) is 2.22. The van der Waals surface area contributed by atoms with Crippen molar-refractivity contribution in [2.45, 2.75) is 25.9 Å². The van der Waals surface area contributed by atoms with E-state index in [1.54, 1.807) is 12.1 Å². The van der Waals surface area contributed by atoms with Gasteiger partial charge >= 0.3 is 0 Å². The van der Waals surface area contributed by atoms with Gasteiger partial charge < -0.3 is 9.84 Å². The fourth-order valence-corrected chi connectivity index (χ4v) is 1.65. The first-order valence-corrected chi connectivity index (χ1v) is 5.52. The third-order valence-electron chi connectivity index (χ3n) is 2.91. The molecule has 1 aliphatic carbocycles. The minimum Gasteiger partial charge on any atom is -0.491 e. The summed E-state index contributed by atoms with van der Waals surface area (Å²) in [6.07, 6.45) is 1.87. The quantitative estimate of drug-likeness (QED) is 0.839. The third-order valence-corrected chi connectivity index (χ3v) is 2.91. The summed E-state index contributed by atoms with van der Waals surface area (Å²) in [5.41, 5.74) is 1.57. The van der Waals surface area contributed by atoms with Gasteiger partial charge in [-0.2, -0.15) is 5.26 Å². The molecular formula is C13H15NO2. The molecule has 1 fully saturated rings. The van der Waals surface area contributed by atoms with E-state index in [-0.39, 0.29) is 6.10 Å². The van der Waals surface area contributed by atoms with Gasteiger partial charge in [0.2, 0.25) is 0 Å². The Kier molecular flexibility index (Phi) is 3.12. The Bertz CT molecular complexity index is 418. The van der Waals surface area contributed by atoms with Crippen LogP contribution in [0.1, 0.15) is 24.0 Å². The summed E-state index contributed by atoms with van der Waals surface area (Å²) in [7, 11) is 0. The summed E-state index contributed by atoms with van der Waals surface area (Å²) in [5, 5.41) is 18.4. The largest absolute Gasteiger partial charge is 0.491 e. The number of aliphatic hydroxyl groups excluding tert-OH is 1. The van der Waals surface area contributed by atoms with Gasteiger partial charge in [0.05, 0.1) is 17.7 Å². The average molecular weight is 217 g/mol. The van der Waals surface area contributed by atoms with Crippen molar-refractivity contribution in [2.75, 3.05) is 6.61 Å². The molecule has 1 N–H and O–H groups in total. The van der Waals surface area contributed by atoms with Crippen LogP contribution in [0, 0.1) is 24.2 Å². The smallest absolute Gasteiger partial charge is 0.119 e. The topological polar surface area (TPSA) is 53.2 Å². The lowest BCUT2D eigenvalue weighted by Gasteiger charge is -2.11. The highest BCUT2D eigenvalue weighted by atomic mass is 16.5. The van der Waals surface area contributed by atoms with Gasteiger partial charge in [0, 0.05) is 0 Å². The Morgan fingerprint density at radius 2 is 2.31 bits per heavy atom. The zero-order valence-electron chi connectivity index (χ0n) is 9.31. The average Bonchev–Trinajstić information content (AvgIpc) is 3.10. The van der Waals surface area contributed by atoms with Crippen molar-refractivity contribution < 1.29 is 9.84 Å². The van der Waals surface area contributed by atoms with Crippen LogP contribution in [0.4, 0.5) is 0 Å². The molecule has 1 atom stereocenters. The summed E-state index contributed by atoms with van der Waals surface area (Å²) < 4.78 is 5.49. The summed E-state index contributed by atoms with van der Waals surface area (Å²) >= 11 is 0. The molecule has 0 amide bonds.